The number of nitrogens with one attached hydrogen (secondary N) is 2. The Morgan fingerprint density at radius 3 is 2.71 bits per heavy atom. The molecule has 0 aliphatic rings. The predicted octanol–water partition coefficient (Wildman–Crippen LogP) is 3.85. The molecule has 21 heavy (non-hydrogen) atoms. The highest BCUT2D eigenvalue weighted by Gasteiger charge is 2.18. The standard InChI is InChI=1S/C17H29N3O/c1-5-7-8-10-17(3,4)13-20-16(21)14-9-11-19-15(12-14)18-6-2/h9,11-12H,5-8,10,13H2,1-4H3,(H,18,19)(H,20,21). The minimum absolute atomic E-state index is 0.0277. The summed E-state index contributed by atoms with van der Waals surface area (Å²) < 4.78 is 0. The van der Waals surface area contributed by atoms with Crippen LogP contribution in [0.25, 0.3) is 0 Å². The van der Waals surface area contributed by atoms with Crippen LogP contribution in [0.4, 0.5) is 5.82 Å². The van der Waals surface area contributed by atoms with E-state index in [0.717, 1.165) is 18.8 Å². The van der Waals surface area contributed by atoms with E-state index >= 15 is 0 Å². The molecule has 118 valence electrons. The molecule has 0 saturated heterocycles. The second-order valence-electron chi connectivity index (χ2n) is 6.26. The Morgan fingerprint density at radius 2 is 2.05 bits per heavy atom. The van der Waals surface area contributed by atoms with Gasteiger partial charge in [-0.15, -0.1) is 0 Å². The van der Waals surface area contributed by atoms with Crippen LogP contribution in [0.3, 0.4) is 0 Å². The van der Waals surface area contributed by atoms with Crippen LogP contribution in [0.15, 0.2) is 18.3 Å². The second-order valence-corrected chi connectivity index (χ2v) is 6.26. The number of carbonyl (C=O) groups is 1. The monoisotopic (exact) mass is 291 g/mol. The Morgan fingerprint density at radius 1 is 1.29 bits per heavy atom. The number of rotatable bonds is 9. The van der Waals surface area contributed by atoms with Gasteiger partial charge in [-0.25, -0.2) is 4.98 Å². The van der Waals surface area contributed by atoms with Gasteiger partial charge in [0.2, 0.25) is 0 Å². The van der Waals surface area contributed by atoms with E-state index in [1.54, 1.807) is 18.3 Å². The van der Waals surface area contributed by atoms with Crippen molar-refractivity contribution in [2.24, 2.45) is 5.41 Å². The molecule has 0 aliphatic heterocycles. The van der Waals surface area contributed by atoms with Crippen LogP contribution in [0.1, 0.15) is 63.7 Å². The fraction of sp³-hybridized carbons (Fsp3) is 0.647. The summed E-state index contributed by atoms with van der Waals surface area (Å²) in [5, 5.41) is 6.16. The van der Waals surface area contributed by atoms with E-state index in [1.165, 1.54) is 19.3 Å². The van der Waals surface area contributed by atoms with Gasteiger partial charge in [0.05, 0.1) is 0 Å². The lowest BCUT2D eigenvalue weighted by molar-refractivity contribution is 0.0934. The van der Waals surface area contributed by atoms with Crippen LogP contribution in [0, 0.1) is 5.41 Å². The molecule has 0 spiro atoms. The van der Waals surface area contributed by atoms with Crippen LogP contribution >= 0.6 is 0 Å². The molecule has 4 heteroatoms. The van der Waals surface area contributed by atoms with Crippen molar-refractivity contribution in [1.29, 1.82) is 0 Å². The lowest BCUT2D eigenvalue weighted by atomic mass is 9.87. The third-order valence-corrected chi connectivity index (χ3v) is 3.56. The van der Waals surface area contributed by atoms with Gasteiger partial charge >= 0.3 is 0 Å². The molecule has 0 bridgehead atoms. The number of hydrogen-bond acceptors (Lipinski definition) is 3. The number of unbranched alkanes of at least 4 members (excludes halogenated alkanes) is 2. The average Bonchev–Trinajstić information content (AvgIpc) is 2.46. The quantitative estimate of drug-likeness (QED) is 0.679. The van der Waals surface area contributed by atoms with Gasteiger partial charge < -0.3 is 10.6 Å². The van der Waals surface area contributed by atoms with Crippen molar-refractivity contribution in [3.8, 4) is 0 Å². The highest BCUT2D eigenvalue weighted by atomic mass is 16.1. The maximum Gasteiger partial charge on any atom is 0.251 e. The highest BCUT2D eigenvalue weighted by Crippen LogP contribution is 2.22. The molecular formula is C17H29N3O. The summed E-state index contributed by atoms with van der Waals surface area (Å²) in [6, 6.07) is 3.54. The molecule has 0 radical (unpaired) electrons. The minimum Gasteiger partial charge on any atom is -0.370 e. The summed E-state index contributed by atoms with van der Waals surface area (Å²) in [5.41, 5.74) is 0.799. The molecule has 0 fully saturated rings. The van der Waals surface area contributed by atoms with Crippen LogP contribution in [-0.4, -0.2) is 24.0 Å². The van der Waals surface area contributed by atoms with E-state index in [1.807, 2.05) is 6.92 Å². The first-order valence-electron chi connectivity index (χ1n) is 7.96. The lowest BCUT2D eigenvalue weighted by Crippen LogP contribution is -2.34. The molecule has 2 N–H and O–H groups in total. The van der Waals surface area contributed by atoms with Crippen LogP contribution in [0.2, 0.25) is 0 Å². The molecule has 1 aromatic rings. The predicted molar refractivity (Wildman–Crippen MR) is 88.7 cm³/mol. The van der Waals surface area contributed by atoms with Crippen LogP contribution in [-0.2, 0) is 0 Å². The van der Waals surface area contributed by atoms with E-state index in [-0.39, 0.29) is 11.3 Å². The van der Waals surface area contributed by atoms with E-state index in [0.29, 0.717) is 12.1 Å². The van der Waals surface area contributed by atoms with Crippen molar-refractivity contribution in [2.45, 2.75) is 53.4 Å². The topological polar surface area (TPSA) is 54.0 Å². The number of aromatic nitrogens is 1. The summed E-state index contributed by atoms with van der Waals surface area (Å²) in [5.74, 6) is 0.715. The Kier molecular flexibility index (Phi) is 7.20. The van der Waals surface area contributed by atoms with Crippen molar-refractivity contribution >= 4 is 11.7 Å². The molecule has 1 heterocycles. The van der Waals surface area contributed by atoms with E-state index < -0.39 is 0 Å². The highest BCUT2D eigenvalue weighted by molar-refractivity contribution is 5.94. The number of pyridine rings is 1. The Balaban J connectivity index is 2.51. The van der Waals surface area contributed by atoms with Crippen molar-refractivity contribution < 1.29 is 4.79 Å². The molecule has 1 aromatic heterocycles. The van der Waals surface area contributed by atoms with Crippen molar-refractivity contribution in [3.63, 3.8) is 0 Å². The molecule has 0 saturated carbocycles. The molecule has 0 unspecified atom stereocenters. The summed E-state index contributed by atoms with van der Waals surface area (Å²) in [6.45, 7) is 10.1. The number of amides is 1. The number of carbonyl (C=O) groups excluding carboxylic acids is 1. The molecule has 4 nitrogen and oxygen atoms in total. The summed E-state index contributed by atoms with van der Waals surface area (Å²) in [4.78, 5) is 16.4. The summed E-state index contributed by atoms with van der Waals surface area (Å²) in [7, 11) is 0. The number of anilines is 1. The molecule has 1 amide bonds. The van der Waals surface area contributed by atoms with Crippen LogP contribution < -0.4 is 10.6 Å². The van der Waals surface area contributed by atoms with Gasteiger partial charge in [-0.3, -0.25) is 4.79 Å². The van der Waals surface area contributed by atoms with Gasteiger partial charge in [0, 0.05) is 24.8 Å². The van der Waals surface area contributed by atoms with Gasteiger partial charge in [-0.2, -0.15) is 0 Å². The minimum atomic E-state index is -0.0277. The van der Waals surface area contributed by atoms with Crippen molar-refractivity contribution in [2.75, 3.05) is 18.4 Å². The van der Waals surface area contributed by atoms with Gasteiger partial charge in [0.1, 0.15) is 5.82 Å². The van der Waals surface area contributed by atoms with Crippen molar-refractivity contribution in [1.82, 2.24) is 10.3 Å². The molecule has 0 atom stereocenters. The number of nitrogens with zero attached hydrogens (tertiary/aromatic N) is 1. The zero-order chi connectivity index (χ0) is 15.7. The number of hydrogen-bond donors (Lipinski definition) is 2. The fourth-order valence-corrected chi connectivity index (χ4v) is 2.21. The first-order chi connectivity index (χ1) is 9.98. The SMILES string of the molecule is CCCCCC(C)(C)CNC(=O)c1ccnc(NCC)c1. The van der Waals surface area contributed by atoms with E-state index in [4.69, 9.17) is 0 Å². The Hall–Kier alpha value is -1.58. The maximum absolute atomic E-state index is 12.2. The van der Waals surface area contributed by atoms with Crippen molar-refractivity contribution in [3.05, 3.63) is 23.9 Å². The van der Waals surface area contributed by atoms with Crippen LogP contribution in [0.5, 0.6) is 0 Å². The maximum atomic E-state index is 12.2. The second kappa shape index (κ2) is 8.65. The van der Waals surface area contributed by atoms with Gasteiger partial charge in [-0.1, -0.05) is 40.0 Å². The Bertz CT molecular complexity index is 443. The smallest absolute Gasteiger partial charge is 0.251 e. The third-order valence-electron chi connectivity index (χ3n) is 3.56. The summed E-state index contributed by atoms with van der Waals surface area (Å²) in [6.07, 6.45) is 6.51. The van der Waals surface area contributed by atoms with E-state index in [9.17, 15) is 4.79 Å². The lowest BCUT2D eigenvalue weighted by Gasteiger charge is -2.25. The average molecular weight is 291 g/mol. The molecule has 0 aromatic carbocycles. The molecule has 0 aliphatic carbocycles. The largest absolute Gasteiger partial charge is 0.370 e. The zero-order valence-electron chi connectivity index (χ0n) is 13.8. The third kappa shape index (κ3) is 6.61. The normalized spacial score (nSPS) is 11.2. The van der Waals surface area contributed by atoms with Gasteiger partial charge in [-0.05, 0) is 30.9 Å². The first-order valence-corrected chi connectivity index (χ1v) is 7.96. The van der Waals surface area contributed by atoms with Gasteiger partial charge in [0.15, 0.2) is 0 Å². The first kappa shape index (κ1) is 17.5. The fourth-order valence-electron chi connectivity index (χ4n) is 2.21. The Labute approximate surface area is 128 Å². The zero-order valence-corrected chi connectivity index (χ0v) is 13.8. The van der Waals surface area contributed by atoms with Gasteiger partial charge in [0.25, 0.3) is 5.91 Å². The molecular weight excluding hydrogens is 262 g/mol. The van der Waals surface area contributed by atoms with E-state index in [2.05, 4.69) is 36.4 Å². The summed E-state index contributed by atoms with van der Waals surface area (Å²) >= 11 is 0. The molecule has 1 rings (SSSR count).